The molecule has 2 N–H and O–H groups in total. The molecule has 140 valence electrons. The van der Waals surface area contributed by atoms with E-state index in [1.165, 1.54) is 41.5 Å². The predicted molar refractivity (Wildman–Crippen MR) is 92.5 cm³/mol. The summed E-state index contributed by atoms with van der Waals surface area (Å²) in [5.74, 6) is -0.597. The fourth-order valence-electron chi connectivity index (χ4n) is 2.32. The largest absolute Gasteiger partial charge is 0.416 e. The maximum atomic E-state index is 13.0. The Morgan fingerprint density at radius 3 is 2.54 bits per heavy atom. The Morgan fingerprint density at radius 2 is 1.88 bits per heavy atom. The molecule has 0 atom stereocenters. The van der Waals surface area contributed by atoms with Crippen molar-refractivity contribution < 1.29 is 22.8 Å². The van der Waals surface area contributed by atoms with Crippen LogP contribution < -0.4 is 10.6 Å². The maximum Gasteiger partial charge on any atom is 0.416 e. The number of hydrogen-bond donors (Lipinski definition) is 2. The van der Waals surface area contributed by atoms with Crippen LogP contribution >= 0.6 is 11.3 Å². The van der Waals surface area contributed by atoms with Gasteiger partial charge in [0.15, 0.2) is 0 Å². The summed E-state index contributed by atoms with van der Waals surface area (Å²) in [5.41, 5.74) is -0.668. The zero-order valence-electron chi connectivity index (χ0n) is 14.0. The van der Waals surface area contributed by atoms with Crippen molar-refractivity contribution in [3.05, 3.63) is 57.8 Å². The Hall–Kier alpha value is -2.39. The summed E-state index contributed by atoms with van der Waals surface area (Å²) in [4.78, 5) is 25.9. The summed E-state index contributed by atoms with van der Waals surface area (Å²) in [6, 6.07) is 8.24. The summed E-state index contributed by atoms with van der Waals surface area (Å²) in [6.07, 6.45) is -4.46. The molecule has 1 aromatic heterocycles. The van der Waals surface area contributed by atoms with Gasteiger partial charge in [0.25, 0.3) is 0 Å². The number of urea groups is 1. The quantitative estimate of drug-likeness (QED) is 0.803. The Labute approximate surface area is 152 Å². The smallest absolute Gasteiger partial charge is 0.333 e. The number of nitrogens with zero attached hydrogens (tertiary/aromatic N) is 1. The number of imide groups is 1. The van der Waals surface area contributed by atoms with E-state index in [1.807, 2.05) is 17.5 Å². The molecule has 1 aromatic carbocycles. The SMILES string of the molecule is CN(CC(=O)NC(=O)NCc1cccs1)Cc1ccccc1C(F)(F)F. The van der Waals surface area contributed by atoms with Crippen LogP contribution in [0.1, 0.15) is 16.0 Å². The van der Waals surface area contributed by atoms with Gasteiger partial charge in [-0.15, -0.1) is 11.3 Å². The van der Waals surface area contributed by atoms with E-state index in [4.69, 9.17) is 0 Å². The lowest BCUT2D eigenvalue weighted by molar-refractivity contribution is -0.138. The molecular weight excluding hydrogens is 367 g/mol. The van der Waals surface area contributed by atoms with Crippen LogP contribution in [-0.4, -0.2) is 30.4 Å². The standard InChI is InChI=1S/C17H18F3N3O2S/c1-23(10-12-5-2-3-7-14(12)17(18,19)20)11-15(24)22-16(25)21-9-13-6-4-8-26-13/h2-8H,9-11H2,1H3,(H2,21,22,24,25). The van der Waals surface area contributed by atoms with E-state index in [1.54, 1.807) is 0 Å². The third-order valence-electron chi connectivity index (χ3n) is 3.43. The van der Waals surface area contributed by atoms with E-state index in [2.05, 4.69) is 10.6 Å². The van der Waals surface area contributed by atoms with Crippen LogP contribution in [0.25, 0.3) is 0 Å². The van der Waals surface area contributed by atoms with Gasteiger partial charge in [-0.25, -0.2) is 4.79 Å². The second kappa shape index (κ2) is 8.81. The molecule has 0 saturated heterocycles. The first-order valence-electron chi connectivity index (χ1n) is 7.69. The van der Waals surface area contributed by atoms with Gasteiger partial charge in [-0.2, -0.15) is 13.2 Å². The Balaban J connectivity index is 1.83. The maximum absolute atomic E-state index is 13.0. The molecule has 0 saturated carbocycles. The summed E-state index contributed by atoms with van der Waals surface area (Å²) >= 11 is 1.47. The monoisotopic (exact) mass is 385 g/mol. The number of carbonyl (C=O) groups is 2. The fourth-order valence-corrected chi connectivity index (χ4v) is 2.96. The summed E-state index contributed by atoms with van der Waals surface area (Å²) in [5, 5.41) is 6.56. The number of carbonyl (C=O) groups excluding carboxylic acids is 2. The minimum Gasteiger partial charge on any atom is -0.333 e. The van der Waals surface area contributed by atoms with Crippen molar-refractivity contribution in [3.8, 4) is 0 Å². The van der Waals surface area contributed by atoms with Gasteiger partial charge in [-0.05, 0) is 30.1 Å². The van der Waals surface area contributed by atoms with E-state index in [9.17, 15) is 22.8 Å². The molecule has 0 bridgehead atoms. The molecule has 0 aliphatic rings. The molecule has 9 heteroatoms. The average Bonchev–Trinajstić information content (AvgIpc) is 3.05. The normalized spacial score (nSPS) is 11.4. The van der Waals surface area contributed by atoms with Crippen LogP contribution in [0.4, 0.5) is 18.0 Å². The van der Waals surface area contributed by atoms with Crippen molar-refractivity contribution in [1.29, 1.82) is 0 Å². The van der Waals surface area contributed by atoms with Gasteiger partial charge < -0.3 is 5.32 Å². The molecule has 0 radical (unpaired) electrons. The Kier molecular flexibility index (Phi) is 6.76. The lowest BCUT2D eigenvalue weighted by Gasteiger charge is -2.19. The van der Waals surface area contributed by atoms with Crippen molar-refractivity contribution in [2.24, 2.45) is 0 Å². The highest BCUT2D eigenvalue weighted by atomic mass is 32.1. The second-order valence-electron chi connectivity index (χ2n) is 5.64. The zero-order valence-corrected chi connectivity index (χ0v) is 14.8. The van der Waals surface area contributed by atoms with E-state index in [-0.39, 0.29) is 18.7 Å². The van der Waals surface area contributed by atoms with Crippen LogP contribution in [0.15, 0.2) is 41.8 Å². The van der Waals surface area contributed by atoms with Crippen LogP contribution in [0.3, 0.4) is 0 Å². The van der Waals surface area contributed by atoms with Crippen molar-refractivity contribution in [3.63, 3.8) is 0 Å². The van der Waals surface area contributed by atoms with E-state index >= 15 is 0 Å². The van der Waals surface area contributed by atoms with Gasteiger partial charge in [-0.3, -0.25) is 15.0 Å². The van der Waals surface area contributed by atoms with E-state index in [0.29, 0.717) is 6.54 Å². The first-order chi connectivity index (χ1) is 12.3. The summed E-state index contributed by atoms with van der Waals surface area (Å²) in [7, 11) is 1.51. The average molecular weight is 385 g/mol. The molecule has 0 fully saturated rings. The number of amides is 3. The zero-order chi connectivity index (χ0) is 19.2. The summed E-state index contributed by atoms with van der Waals surface area (Å²) < 4.78 is 39.0. The third kappa shape index (κ3) is 6.16. The second-order valence-corrected chi connectivity index (χ2v) is 6.67. The van der Waals surface area contributed by atoms with Crippen LogP contribution in [0, 0.1) is 0 Å². The molecule has 0 aliphatic heterocycles. The highest BCUT2D eigenvalue weighted by Gasteiger charge is 2.33. The van der Waals surface area contributed by atoms with Gasteiger partial charge in [0.05, 0.1) is 18.7 Å². The first-order valence-corrected chi connectivity index (χ1v) is 8.57. The first kappa shape index (κ1) is 19.9. The van der Waals surface area contributed by atoms with E-state index < -0.39 is 23.7 Å². The number of halogens is 3. The van der Waals surface area contributed by atoms with Gasteiger partial charge in [0, 0.05) is 11.4 Å². The molecular formula is C17H18F3N3O2S. The van der Waals surface area contributed by atoms with Crippen molar-refractivity contribution in [2.45, 2.75) is 19.3 Å². The number of benzene rings is 1. The number of thiophene rings is 1. The minimum atomic E-state index is -4.46. The Morgan fingerprint density at radius 1 is 1.15 bits per heavy atom. The summed E-state index contributed by atoms with van der Waals surface area (Å²) in [6.45, 7) is 0.0180. The topological polar surface area (TPSA) is 61.4 Å². The number of likely N-dealkylation sites (N-methyl/N-ethyl adjacent to an activating group) is 1. The van der Waals surface area contributed by atoms with Crippen LogP contribution in [0.5, 0.6) is 0 Å². The molecule has 5 nitrogen and oxygen atoms in total. The van der Waals surface area contributed by atoms with Crippen LogP contribution in [0.2, 0.25) is 0 Å². The van der Waals surface area contributed by atoms with Crippen LogP contribution in [-0.2, 0) is 24.1 Å². The molecule has 1 heterocycles. The molecule has 0 aliphatic carbocycles. The number of rotatable bonds is 6. The van der Waals surface area contributed by atoms with Gasteiger partial charge >= 0.3 is 12.2 Å². The lowest BCUT2D eigenvalue weighted by Crippen LogP contribution is -2.43. The lowest BCUT2D eigenvalue weighted by atomic mass is 10.1. The van der Waals surface area contributed by atoms with Crippen molar-refractivity contribution in [2.75, 3.05) is 13.6 Å². The highest BCUT2D eigenvalue weighted by molar-refractivity contribution is 7.09. The molecule has 3 amide bonds. The highest BCUT2D eigenvalue weighted by Crippen LogP contribution is 2.32. The number of nitrogens with one attached hydrogen (secondary N) is 2. The molecule has 0 unspecified atom stereocenters. The number of alkyl halides is 3. The van der Waals surface area contributed by atoms with E-state index in [0.717, 1.165) is 10.9 Å². The van der Waals surface area contributed by atoms with Gasteiger partial charge in [0.1, 0.15) is 0 Å². The minimum absolute atomic E-state index is 0.0671. The van der Waals surface area contributed by atoms with Crippen molar-refractivity contribution >= 4 is 23.3 Å². The molecule has 2 aromatic rings. The Bertz CT molecular complexity index is 748. The predicted octanol–water partition coefficient (Wildman–Crippen LogP) is 3.22. The third-order valence-corrected chi connectivity index (χ3v) is 4.31. The molecule has 26 heavy (non-hydrogen) atoms. The number of hydrogen-bond acceptors (Lipinski definition) is 4. The van der Waals surface area contributed by atoms with Gasteiger partial charge in [-0.1, -0.05) is 24.3 Å². The fraction of sp³-hybridized carbons (Fsp3) is 0.294. The van der Waals surface area contributed by atoms with Gasteiger partial charge in [0.2, 0.25) is 5.91 Å². The molecule has 0 spiro atoms. The van der Waals surface area contributed by atoms with Crippen molar-refractivity contribution in [1.82, 2.24) is 15.5 Å². The molecule has 2 rings (SSSR count).